The summed E-state index contributed by atoms with van der Waals surface area (Å²) < 4.78 is 1.70. The maximum atomic E-state index is 12.5. The van der Waals surface area contributed by atoms with E-state index in [2.05, 4.69) is 15.4 Å². The van der Waals surface area contributed by atoms with E-state index in [-0.39, 0.29) is 12.5 Å². The maximum absolute atomic E-state index is 12.5. The maximum Gasteiger partial charge on any atom is 0.253 e. The van der Waals surface area contributed by atoms with Crippen LogP contribution in [0.5, 0.6) is 0 Å². The van der Waals surface area contributed by atoms with E-state index >= 15 is 0 Å². The number of nitrogens with zero attached hydrogens (tertiary/aromatic N) is 3. The third-order valence-electron chi connectivity index (χ3n) is 4.12. The number of halogens is 1. The molecule has 1 amide bonds. The number of carbonyl (C=O) groups is 1. The van der Waals surface area contributed by atoms with E-state index in [1.165, 1.54) is 0 Å². The van der Waals surface area contributed by atoms with Crippen molar-refractivity contribution < 1.29 is 9.90 Å². The van der Waals surface area contributed by atoms with Crippen LogP contribution in [-0.2, 0) is 7.05 Å². The number of hydrogen-bond acceptors (Lipinski definition) is 4. The average molecular weight is 359 g/mol. The van der Waals surface area contributed by atoms with Crippen LogP contribution in [0.3, 0.4) is 0 Å². The molecule has 2 N–H and O–H groups in total. The van der Waals surface area contributed by atoms with Gasteiger partial charge in [-0.3, -0.25) is 9.48 Å². The number of carbonyl (C=O) groups excluding carboxylic acids is 1. The van der Waals surface area contributed by atoms with Crippen molar-refractivity contribution in [2.45, 2.75) is 20.0 Å². The number of amides is 1. The van der Waals surface area contributed by atoms with Gasteiger partial charge in [-0.1, -0.05) is 23.7 Å². The van der Waals surface area contributed by atoms with Gasteiger partial charge in [-0.25, -0.2) is 4.98 Å². The van der Waals surface area contributed by atoms with Gasteiger partial charge in [0.25, 0.3) is 5.91 Å². The Balaban J connectivity index is 1.78. The van der Waals surface area contributed by atoms with Crippen LogP contribution >= 0.6 is 11.6 Å². The normalized spacial score (nSPS) is 12.4. The summed E-state index contributed by atoms with van der Waals surface area (Å²) in [6.07, 6.45) is -0.834. The van der Waals surface area contributed by atoms with Crippen molar-refractivity contribution in [1.29, 1.82) is 0 Å². The molecule has 0 saturated heterocycles. The van der Waals surface area contributed by atoms with Gasteiger partial charge in [-0.05, 0) is 37.6 Å². The lowest BCUT2D eigenvalue weighted by Crippen LogP contribution is -2.29. The van der Waals surface area contributed by atoms with Gasteiger partial charge in [-0.2, -0.15) is 5.10 Å². The lowest BCUT2D eigenvalue weighted by atomic mass is 10.1. The zero-order valence-corrected chi connectivity index (χ0v) is 15.0. The van der Waals surface area contributed by atoms with Crippen LogP contribution in [-0.4, -0.2) is 32.3 Å². The Morgan fingerprint density at radius 1 is 1.32 bits per heavy atom. The molecular weight excluding hydrogens is 340 g/mol. The average Bonchev–Trinajstić information content (AvgIpc) is 2.85. The number of nitrogens with one attached hydrogen (secondary N) is 1. The highest BCUT2D eigenvalue weighted by atomic mass is 35.5. The van der Waals surface area contributed by atoms with E-state index in [0.29, 0.717) is 21.8 Å². The van der Waals surface area contributed by atoms with E-state index in [1.54, 1.807) is 41.9 Å². The molecule has 1 aromatic carbocycles. The molecule has 0 aliphatic rings. The lowest BCUT2D eigenvalue weighted by Gasteiger charge is -2.13. The number of fused-ring (bicyclic) bond motifs is 1. The molecule has 0 bridgehead atoms. The molecule has 2 heterocycles. The molecule has 0 radical (unpaired) electrons. The fourth-order valence-corrected chi connectivity index (χ4v) is 2.98. The van der Waals surface area contributed by atoms with Gasteiger partial charge in [0.15, 0.2) is 5.65 Å². The first-order valence-corrected chi connectivity index (χ1v) is 8.27. The second-order valence-corrected chi connectivity index (χ2v) is 6.42. The number of hydrogen-bond donors (Lipinski definition) is 2. The van der Waals surface area contributed by atoms with Crippen molar-refractivity contribution >= 4 is 28.5 Å². The molecule has 0 aliphatic heterocycles. The minimum Gasteiger partial charge on any atom is -0.387 e. The summed E-state index contributed by atoms with van der Waals surface area (Å²) in [5, 5.41) is 18.7. The predicted octanol–water partition coefficient (Wildman–Crippen LogP) is 2.70. The standard InChI is InChI=1S/C18H19ClN4O2/c1-10-15(8-14-11(2)22-23(3)17(14)21-10)18(25)20-9-16(24)12-5-4-6-13(19)7-12/h4-8,16,24H,9H2,1-3H3,(H,20,25). The summed E-state index contributed by atoms with van der Waals surface area (Å²) in [5.41, 5.74) is 3.30. The van der Waals surface area contributed by atoms with Crippen LogP contribution in [0.15, 0.2) is 30.3 Å². The zero-order valence-electron chi connectivity index (χ0n) is 14.2. The summed E-state index contributed by atoms with van der Waals surface area (Å²) in [6, 6.07) is 8.73. The Morgan fingerprint density at radius 3 is 2.80 bits per heavy atom. The minimum atomic E-state index is -0.834. The van der Waals surface area contributed by atoms with Gasteiger partial charge >= 0.3 is 0 Å². The Bertz CT molecular complexity index is 952. The number of rotatable bonds is 4. The highest BCUT2D eigenvalue weighted by Crippen LogP contribution is 2.20. The van der Waals surface area contributed by atoms with Crippen molar-refractivity contribution in [2.24, 2.45) is 7.05 Å². The van der Waals surface area contributed by atoms with Crippen molar-refractivity contribution in [3.05, 3.63) is 57.9 Å². The molecular formula is C18H19ClN4O2. The van der Waals surface area contributed by atoms with Crippen LogP contribution in [0, 0.1) is 13.8 Å². The van der Waals surface area contributed by atoms with Crippen molar-refractivity contribution in [2.75, 3.05) is 6.54 Å². The number of aromatic nitrogens is 3. The quantitative estimate of drug-likeness (QED) is 0.751. The van der Waals surface area contributed by atoms with Crippen LogP contribution in [0.1, 0.15) is 33.4 Å². The number of aryl methyl sites for hydroxylation is 3. The Kier molecular flexibility index (Phi) is 4.74. The van der Waals surface area contributed by atoms with Crippen LogP contribution < -0.4 is 5.32 Å². The summed E-state index contributed by atoms with van der Waals surface area (Å²) in [6.45, 7) is 3.75. The molecule has 2 aromatic heterocycles. The summed E-state index contributed by atoms with van der Waals surface area (Å²) in [7, 11) is 1.82. The van der Waals surface area contributed by atoms with E-state index in [0.717, 1.165) is 16.7 Å². The van der Waals surface area contributed by atoms with Gasteiger partial charge in [0.1, 0.15) is 0 Å². The molecule has 1 atom stereocenters. The Morgan fingerprint density at radius 2 is 2.08 bits per heavy atom. The molecule has 25 heavy (non-hydrogen) atoms. The SMILES string of the molecule is Cc1nc2c(cc1C(=O)NCC(O)c1cccc(Cl)c1)c(C)nn2C. The molecule has 130 valence electrons. The van der Waals surface area contributed by atoms with Gasteiger partial charge < -0.3 is 10.4 Å². The molecule has 7 heteroatoms. The molecule has 3 rings (SSSR count). The van der Waals surface area contributed by atoms with Crippen molar-refractivity contribution in [3.63, 3.8) is 0 Å². The monoisotopic (exact) mass is 358 g/mol. The topological polar surface area (TPSA) is 80.0 Å². The van der Waals surface area contributed by atoms with Gasteiger partial charge in [0.05, 0.1) is 23.1 Å². The molecule has 0 fully saturated rings. The fourth-order valence-electron chi connectivity index (χ4n) is 2.78. The molecule has 0 saturated carbocycles. The van der Waals surface area contributed by atoms with Gasteiger partial charge in [-0.15, -0.1) is 0 Å². The third-order valence-corrected chi connectivity index (χ3v) is 4.36. The first-order valence-electron chi connectivity index (χ1n) is 7.89. The Labute approximate surface area is 150 Å². The van der Waals surface area contributed by atoms with Crippen LogP contribution in [0.4, 0.5) is 0 Å². The third kappa shape index (κ3) is 3.50. The summed E-state index contributed by atoms with van der Waals surface area (Å²) >= 11 is 5.93. The highest BCUT2D eigenvalue weighted by Gasteiger charge is 2.17. The smallest absolute Gasteiger partial charge is 0.253 e. The van der Waals surface area contributed by atoms with Crippen molar-refractivity contribution in [3.8, 4) is 0 Å². The summed E-state index contributed by atoms with van der Waals surface area (Å²) in [5.74, 6) is -0.281. The van der Waals surface area contributed by atoms with Gasteiger partial charge in [0, 0.05) is 24.0 Å². The molecule has 0 aliphatic carbocycles. The Hall–Kier alpha value is -2.44. The first-order chi connectivity index (χ1) is 11.9. The fraction of sp³-hybridized carbons (Fsp3) is 0.278. The van der Waals surface area contributed by atoms with E-state index in [9.17, 15) is 9.90 Å². The molecule has 1 unspecified atom stereocenters. The predicted molar refractivity (Wildman–Crippen MR) is 96.7 cm³/mol. The second-order valence-electron chi connectivity index (χ2n) is 5.98. The van der Waals surface area contributed by atoms with Gasteiger partial charge in [0.2, 0.25) is 0 Å². The van der Waals surface area contributed by atoms with E-state index in [1.807, 2.05) is 14.0 Å². The lowest BCUT2D eigenvalue weighted by molar-refractivity contribution is 0.0915. The largest absolute Gasteiger partial charge is 0.387 e. The molecule has 0 spiro atoms. The number of benzene rings is 1. The first kappa shape index (κ1) is 17.4. The summed E-state index contributed by atoms with van der Waals surface area (Å²) in [4.78, 5) is 17.0. The number of pyridine rings is 1. The van der Waals surface area contributed by atoms with Crippen molar-refractivity contribution in [1.82, 2.24) is 20.1 Å². The van der Waals surface area contributed by atoms with E-state index < -0.39 is 6.10 Å². The molecule has 3 aromatic rings. The number of aliphatic hydroxyl groups excluding tert-OH is 1. The number of aliphatic hydroxyl groups is 1. The van der Waals surface area contributed by atoms with Crippen LogP contribution in [0.2, 0.25) is 5.02 Å². The highest BCUT2D eigenvalue weighted by molar-refractivity contribution is 6.30. The zero-order chi connectivity index (χ0) is 18.1. The van der Waals surface area contributed by atoms with E-state index in [4.69, 9.17) is 11.6 Å². The minimum absolute atomic E-state index is 0.0860. The second kappa shape index (κ2) is 6.82. The van der Waals surface area contributed by atoms with Crippen LogP contribution in [0.25, 0.3) is 11.0 Å². The molecule has 6 nitrogen and oxygen atoms in total.